The molecule has 1 nitrogen and oxygen atoms in total. The molecule has 0 heterocycles. The van der Waals surface area contributed by atoms with Gasteiger partial charge in [0.05, 0.1) is 0 Å². The number of benzene rings is 2. The second-order valence-corrected chi connectivity index (χ2v) is 5.91. The van der Waals surface area contributed by atoms with Crippen molar-refractivity contribution in [2.24, 2.45) is 0 Å². The molecule has 3 heteroatoms. The monoisotopic (exact) mass is 305 g/mol. The topological polar surface area (TPSA) is 12.0 Å². The molecule has 2 aromatic rings. The highest BCUT2D eigenvalue weighted by atomic mass is 35.5. The minimum absolute atomic E-state index is 0.0848. The zero-order chi connectivity index (χ0) is 15.4. The second kappa shape index (κ2) is 7.06. The molecule has 0 bridgehead atoms. The lowest BCUT2D eigenvalue weighted by Crippen LogP contribution is -2.23. The van der Waals surface area contributed by atoms with Gasteiger partial charge in [-0.15, -0.1) is 0 Å². The normalized spacial score (nSPS) is 12.4. The highest BCUT2D eigenvalue weighted by Crippen LogP contribution is 2.24. The maximum absolute atomic E-state index is 14.0. The van der Waals surface area contributed by atoms with Crippen LogP contribution in [0.5, 0.6) is 0 Å². The maximum atomic E-state index is 14.0. The van der Waals surface area contributed by atoms with Crippen molar-refractivity contribution in [1.29, 1.82) is 0 Å². The van der Waals surface area contributed by atoms with Crippen molar-refractivity contribution in [2.45, 2.75) is 33.2 Å². The molecule has 0 spiro atoms. The summed E-state index contributed by atoms with van der Waals surface area (Å²) < 4.78 is 14.0. The number of rotatable bonds is 5. The molecule has 1 N–H and O–H groups in total. The van der Waals surface area contributed by atoms with E-state index in [2.05, 4.69) is 44.3 Å². The third-order valence-corrected chi connectivity index (χ3v) is 3.76. The Morgan fingerprint density at radius 1 is 1.10 bits per heavy atom. The summed E-state index contributed by atoms with van der Waals surface area (Å²) in [6.07, 6.45) is 0.586. The van der Waals surface area contributed by atoms with Gasteiger partial charge in [0.1, 0.15) is 5.82 Å². The molecule has 21 heavy (non-hydrogen) atoms. The van der Waals surface area contributed by atoms with Gasteiger partial charge in [0, 0.05) is 11.1 Å². The molecule has 0 saturated heterocycles. The van der Waals surface area contributed by atoms with E-state index in [1.807, 2.05) is 0 Å². The molecule has 2 rings (SSSR count). The zero-order valence-corrected chi connectivity index (χ0v) is 13.5. The highest BCUT2D eigenvalue weighted by molar-refractivity contribution is 6.30. The summed E-state index contributed by atoms with van der Waals surface area (Å²) >= 11 is 5.99. The fraction of sp³-hybridized carbons (Fsp3) is 0.333. The molecule has 0 fully saturated rings. The van der Waals surface area contributed by atoms with Gasteiger partial charge in [-0.25, -0.2) is 4.39 Å². The van der Waals surface area contributed by atoms with E-state index in [0.717, 1.165) is 6.54 Å². The predicted molar refractivity (Wildman–Crippen MR) is 87.4 cm³/mol. The summed E-state index contributed by atoms with van der Waals surface area (Å²) in [6, 6.07) is 11.3. The van der Waals surface area contributed by atoms with Gasteiger partial charge in [-0.3, -0.25) is 0 Å². The summed E-state index contributed by atoms with van der Waals surface area (Å²) in [5.74, 6) is -0.202. The molecule has 0 aliphatic rings. The van der Waals surface area contributed by atoms with Crippen LogP contribution in [0.1, 0.15) is 35.2 Å². The summed E-state index contributed by atoms with van der Waals surface area (Å²) in [6.45, 7) is 7.06. The lowest BCUT2D eigenvalue weighted by molar-refractivity contribution is 0.527. The SMILES string of the molecule is CCNC(Cc1cc(Cl)ccc1F)c1cc(C)cc(C)c1. The molecule has 1 unspecified atom stereocenters. The standard InChI is InChI=1S/C18H21ClFN/c1-4-21-18(15-8-12(2)7-13(3)9-15)11-14-10-16(19)5-6-17(14)20/h5-10,18,21H,4,11H2,1-3H3. The van der Waals surface area contributed by atoms with Crippen LogP contribution in [0.4, 0.5) is 4.39 Å². The van der Waals surface area contributed by atoms with Gasteiger partial charge in [0.25, 0.3) is 0 Å². The predicted octanol–water partition coefficient (Wildman–Crippen LogP) is 4.99. The number of likely N-dealkylation sites (N-methyl/N-ethyl adjacent to an activating group) is 1. The lowest BCUT2D eigenvalue weighted by atomic mass is 9.95. The second-order valence-electron chi connectivity index (χ2n) is 5.47. The summed E-state index contributed by atoms with van der Waals surface area (Å²) in [4.78, 5) is 0. The Morgan fingerprint density at radius 2 is 1.76 bits per heavy atom. The smallest absolute Gasteiger partial charge is 0.126 e. The van der Waals surface area contributed by atoms with Crippen molar-refractivity contribution < 1.29 is 4.39 Å². The van der Waals surface area contributed by atoms with Crippen molar-refractivity contribution in [3.63, 3.8) is 0 Å². The van der Waals surface area contributed by atoms with Crippen LogP contribution >= 0.6 is 11.6 Å². The summed E-state index contributed by atoms with van der Waals surface area (Å²) in [7, 11) is 0. The Labute approximate surface area is 131 Å². The molecule has 112 valence electrons. The number of hydrogen-bond acceptors (Lipinski definition) is 1. The first-order valence-electron chi connectivity index (χ1n) is 7.25. The summed E-state index contributed by atoms with van der Waals surface area (Å²) in [5, 5.41) is 4.01. The molecule has 0 aliphatic heterocycles. The van der Waals surface area contributed by atoms with Crippen LogP contribution in [0.2, 0.25) is 5.02 Å². The Morgan fingerprint density at radius 3 is 2.38 bits per heavy atom. The first kappa shape index (κ1) is 16.0. The fourth-order valence-corrected chi connectivity index (χ4v) is 2.88. The average Bonchev–Trinajstić information content (AvgIpc) is 2.41. The highest BCUT2D eigenvalue weighted by Gasteiger charge is 2.15. The van der Waals surface area contributed by atoms with Gasteiger partial charge >= 0.3 is 0 Å². The largest absolute Gasteiger partial charge is 0.310 e. The number of nitrogens with one attached hydrogen (secondary N) is 1. The van der Waals surface area contributed by atoms with Crippen LogP contribution in [0.3, 0.4) is 0 Å². The molecule has 0 amide bonds. The molecule has 0 saturated carbocycles. The van der Waals surface area contributed by atoms with E-state index in [9.17, 15) is 4.39 Å². The van der Waals surface area contributed by atoms with Gasteiger partial charge < -0.3 is 5.32 Å². The minimum atomic E-state index is -0.202. The molecule has 0 radical (unpaired) electrons. The van der Waals surface area contributed by atoms with Crippen molar-refractivity contribution >= 4 is 11.6 Å². The van der Waals surface area contributed by atoms with Crippen molar-refractivity contribution in [3.8, 4) is 0 Å². The molecule has 2 aromatic carbocycles. The van der Waals surface area contributed by atoms with Gasteiger partial charge in [-0.05, 0) is 56.1 Å². The Kier molecular flexibility index (Phi) is 5.38. The van der Waals surface area contributed by atoms with E-state index in [1.165, 1.54) is 22.8 Å². The van der Waals surface area contributed by atoms with Gasteiger partial charge in [0.2, 0.25) is 0 Å². The van der Waals surface area contributed by atoms with Crippen LogP contribution in [0, 0.1) is 19.7 Å². The molecular formula is C18H21ClFN. The number of halogens is 2. The number of aryl methyl sites for hydroxylation is 2. The van der Waals surface area contributed by atoms with E-state index in [0.29, 0.717) is 17.0 Å². The van der Waals surface area contributed by atoms with Gasteiger partial charge in [-0.1, -0.05) is 47.9 Å². The van der Waals surface area contributed by atoms with Crippen molar-refractivity contribution in [3.05, 3.63) is 69.5 Å². The van der Waals surface area contributed by atoms with E-state index in [-0.39, 0.29) is 11.9 Å². The van der Waals surface area contributed by atoms with Crippen molar-refractivity contribution in [1.82, 2.24) is 5.32 Å². The van der Waals surface area contributed by atoms with Crippen LogP contribution in [0.15, 0.2) is 36.4 Å². The van der Waals surface area contributed by atoms with Crippen molar-refractivity contribution in [2.75, 3.05) is 6.54 Å². The molecule has 0 aliphatic carbocycles. The van der Waals surface area contributed by atoms with Crippen LogP contribution < -0.4 is 5.32 Å². The fourth-order valence-electron chi connectivity index (χ4n) is 2.69. The van der Waals surface area contributed by atoms with Crippen LogP contribution in [0.25, 0.3) is 0 Å². The third-order valence-electron chi connectivity index (χ3n) is 3.53. The van der Waals surface area contributed by atoms with Gasteiger partial charge in [0.15, 0.2) is 0 Å². The third kappa shape index (κ3) is 4.29. The van der Waals surface area contributed by atoms with Crippen LogP contribution in [-0.2, 0) is 6.42 Å². The van der Waals surface area contributed by atoms with E-state index < -0.39 is 0 Å². The van der Waals surface area contributed by atoms with Gasteiger partial charge in [-0.2, -0.15) is 0 Å². The minimum Gasteiger partial charge on any atom is -0.310 e. The maximum Gasteiger partial charge on any atom is 0.126 e. The lowest BCUT2D eigenvalue weighted by Gasteiger charge is -2.20. The zero-order valence-electron chi connectivity index (χ0n) is 12.7. The first-order valence-corrected chi connectivity index (χ1v) is 7.63. The Bertz CT molecular complexity index is 604. The van der Waals surface area contributed by atoms with E-state index >= 15 is 0 Å². The quantitative estimate of drug-likeness (QED) is 0.820. The van der Waals surface area contributed by atoms with E-state index in [4.69, 9.17) is 11.6 Å². The van der Waals surface area contributed by atoms with Crippen LogP contribution in [-0.4, -0.2) is 6.54 Å². The van der Waals surface area contributed by atoms with E-state index in [1.54, 1.807) is 12.1 Å². The Balaban J connectivity index is 2.32. The summed E-state index contributed by atoms with van der Waals surface area (Å²) in [5.41, 5.74) is 4.28. The number of hydrogen-bond donors (Lipinski definition) is 1. The first-order chi connectivity index (χ1) is 9.99. The Hall–Kier alpha value is -1.38. The molecule has 1 atom stereocenters. The average molecular weight is 306 g/mol. The molecule has 0 aromatic heterocycles. The molecular weight excluding hydrogens is 285 g/mol.